The van der Waals surface area contributed by atoms with Crippen LogP contribution in [-0.2, 0) is 25.5 Å². The van der Waals surface area contributed by atoms with Crippen LogP contribution in [0.2, 0.25) is 0 Å². The number of rotatable bonds is 8. The van der Waals surface area contributed by atoms with Crippen molar-refractivity contribution in [3.63, 3.8) is 0 Å². The van der Waals surface area contributed by atoms with Crippen molar-refractivity contribution in [1.82, 2.24) is 5.32 Å². The average molecular weight is 379 g/mol. The molecule has 1 saturated heterocycles. The van der Waals surface area contributed by atoms with Crippen LogP contribution in [0.15, 0.2) is 24.3 Å². The van der Waals surface area contributed by atoms with Crippen molar-refractivity contribution in [2.24, 2.45) is 11.5 Å². The van der Waals surface area contributed by atoms with Gasteiger partial charge in [0, 0.05) is 0 Å². The maximum atomic E-state index is 12.0. The molecule has 1 aliphatic rings. The van der Waals surface area contributed by atoms with Crippen LogP contribution in [0.25, 0.3) is 0 Å². The van der Waals surface area contributed by atoms with E-state index in [1.807, 2.05) is 0 Å². The first-order chi connectivity index (χ1) is 12.8. The smallest absolute Gasteiger partial charge is 0.328 e. The summed E-state index contributed by atoms with van der Waals surface area (Å²) >= 11 is 0. The zero-order valence-electron chi connectivity index (χ0n) is 15.1. The van der Waals surface area contributed by atoms with Crippen LogP contribution in [0.3, 0.4) is 0 Å². The monoisotopic (exact) mass is 379 g/mol. The van der Waals surface area contributed by atoms with Gasteiger partial charge in [-0.15, -0.1) is 0 Å². The molecule has 1 aliphatic heterocycles. The number of carboxylic acids is 1. The zero-order valence-corrected chi connectivity index (χ0v) is 15.1. The van der Waals surface area contributed by atoms with Gasteiger partial charge in [0.25, 0.3) is 0 Å². The highest BCUT2D eigenvalue weighted by Gasteiger charge is 2.26. The van der Waals surface area contributed by atoms with Gasteiger partial charge in [-0.25, -0.2) is 4.79 Å². The fourth-order valence-corrected chi connectivity index (χ4v) is 2.65. The second-order valence-electron chi connectivity index (χ2n) is 6.53. The third kappa shape index (κ3) is 6.02. The van der Waals surface area contributed by atoms with Crippen molar-refractivity contribution in [2.75, 3.05) is 6.54 Å². The van der Waals surface area contributed by atoms with E-state index in [9.17, 15) is 14.4 Å². The Morgan fingerprint density at radius 3 is 2.48 bits per heavy atom. The van der Waals surface area contributed by atoms with E-state index in [4.69, 9.17) is 26.0 Å². The number of nitrogens with two attached hydrogens (primary N) is 2. The largest absolute Gasteiger partial charge is 0.480 e. The summed E-state index contributed by atoms with van der Waals surface area (Å²) in [4.78, 5) is 34.7. The van der Waals surface area contributed by atoms with E-state index in [0.29, 0.717) is 5.75 Å². The van der Waals surface area contributed by atoms with E-state index in [2.05, 4.69) is 5.32 Å². The Morgan fingerprint density at radius 1 is 1.26 bits per heavy atom. The average Bonchev–Trinajstić information content (AvgIpc) is 3.17. The quantitative estimate of drug-likeness (QED) is 0.347. The minimum Gasteiger partial charge on any atom is -0.480 e. The first kappa shape index (κ1) is 20.8. The first-order valence-electron chi connectivity index (χ1n) is 8.76. The number of hydrogen-bond acceptors (Lipinski definition) is 8. The van der Waals surface area contributed by atoms with E-state index >= 15 is 0 Å². The van der Waals surface area contributed by atoms with Gasteiger partial charge in [0.2, 0.25) is 0 Å². The summed E-state index contributed by atoms with van der Waals surface area (Å²) in [5, 5.41) is 11.9. The maximum absolute atomic E-state index is 12.0. The minimum absolute atomic E-state index is 0.187. The van der Waals surface area contributed by atoms with E-state index in [1.54, 1.807) is 24.3 Å². The summed E-state index contributed by atoms with van der Waals surface area (Å²) in [5.74, 6) is -1.90. The Morgan fingerprint density at radius 2 is 1.93 bits per heavy atom. The number of aliphatic carboxylic acids is 1. The van der Waals surface area contributed by atoms with Crippen LogP contribution in [0.4, 0.5) is 0 Å². The normalized spacial score (nSPS) is 19.7. The molecule has 9 nitrogen and oxygen atoms in total. The summed E-state index contributed by atoms with van der Waals surface area (Å²) in [6.07, 6.45) is 0.902. The van der Waals surface area contributed by atoms with E-state index in [1.165, 1.54) is 6.92 Å². The molecule has 4 atom stereocenters. The molecule has 0 amide bonds. The van der Waals surface area contributed by atoms with Crippen molar-refractivity contribution in [3.05, 3.63) is 29.8 Å². The molecule has 148 valence electrons. The number of esters is 2. The lowest BCUT2D eigenvalue weighted by atomic mass is 10.1. The lowest BCUT2D eigenvalue weighted by Gasteiger charge is -2.19. The van der Waals surface area contributed by atoms with Crippen LogP contribution in [-0.4, -0.2) is 53.8 Å². The molecule has 1 fully saturated rings. The molecule has 9 heteroatoms. The van der Waals surface area contributed by atoms with Crippen molar-refractivity contribution < 1.29 is 29.0 Å². The Labute approximate surface area is 157 Å². The third-order valence-electron chi connectivity index (χ3n) is 4.34. The molecule has 27 heavy (non-hydrogen) atoms. The Balaban J connectivity index is 1.84. The van der Waals surface area contributed by atoms with Crippen LogP contribution < -0.4 is 21.5 Å². The van der Waals surface area contributed by atoms with E-state index in [0.717, 1.165) is 24.9 Å². The highest BCUT2D eigenvalue weighted by Crippen LogP contribution is 2.16. The van der Waals surface area contributed by atoms with Crippen LogP contribution in [0.5, 0.6) is 5.75 Å². The fraction of sp³-hybridized carbons (Fsp3) is 0.500. The van der Waals surface area contributed by atoms with Crippen LogP contribution in [0.1, 0.15) is 25.3 Å². The Kier molecular flexibility index (Phi) is 7.28. The Hall–Kier alpha value is -2.49. The van der Waals surface area contributed by atoms with Gasteiger partial charge in [-0.1, -0.05) is 12.1 Å². The van der Waals surface area contributed by atoms with Gasteiger partial charge in [-0.2, -0.15) is 0 Å². The molecule has 0 aromatic heterocycles. The van der Waals surface area contributed by atoms with E-state index in [-0.39, 0.29) is 18.4 Å². The van der Waals surface area contributed by atoms with Gasteiger partial charge in [0.15, 0.2) is 0 Å². The number of hydrogen-bond donors (Lipinski definition) is 4. The topological polar surface area (TPSA) is 154 Å². The van der Waals surface area contributed by atoms with Crippen molar-refractivity contribution >= 4 is 17.9 Å². The van der Waals surface area contributed by atoms with Crippen LogP contribution >= 0.6 is 0 Å². The zero-order chi connectivity index (χ0) is 20.0. The molecule has 0 aliphatic carbocycles. The molecular weight excluding hydrogens is 354 g/mol. The number of carbonyl (C=O) groups excluding carboxylic acids is 2. The highest BCUT2D eigenvalue weighted by atomic mass is 16.5. The van der Waals surface area contributed by atoms with Gasteiger partial charge in [-0.05, 0) is 50.4 Å². The number of ether oxygens (including phenoxy) is 2. The molecule has 0 radical (unpaired) electrons. The fourth-order valence-electron chi connectivity index (χ4n) is 2.65. The summed E-state index contributed by atoms with van der Waals surface area (Å²) in [7, 11) is 0. The molecule has 1 heterocycles. The standard InChI is InChI=1S/C18H25N3O6/c1-10(15(20)16(22)23)26-17(24)13(19)9-11-4-6-12(7-5-11)27-18(25)14-3-2-8-21-14/h4-7,10,13-15,21H,2-3,8-9,19-20H2,1H3,(H,22,23)/t10-,13+,14+,15+/m1/s1. The second kappa shape index (κ2) is 9.45. The number of carboxylic acid groups (broad SMARTS) is 1. The molecule has 1 aromatic rings. The van der Waals surface area contributed by atoms with Gasteiger partial charge in [-0.3, -0.25) is 9.59 Å². The summed E-state index contributed by atoms with van der Waals surface area (Å²) in [5.41, 5.74) is 12.0. The number of benzene rings is 1. The summed E-state index contributed by atoms with van der Waals surface area (Å²) in [6, 6.07) is 4.10. The first-order valence-corrected chi connectivity index (χ1v) is 8.76. The molecule has 6 N–H and O–H groups in total. The highest BCUT2D eigenvalue weighted by molar-refractivity contribution is 5.79. The van der Waals surface area contributed by atoms with Gasteiger partial charge < -0.3 is 31.4 Å². The van der Waals surface area contributed by atoms with Crippen molar-refractivity contribution in [1.29, 1.82) is 0 Å². The summed E-state index contributed by atoms with van der Waals surface area (Å²) in [6.45, 7) is 2.20. The lowest BCUT2D eigenvalue weighted by molar-refractivity contribution is -0.154. The third-order valence-corrected chi connectivity index (χ3v) is 4.34. The molecule has 0 saturated carbocycles. The molecule has 2 rings (SSSR count). The number of carbonyl (C=O) groups is 3. The predicted molar refractivity (Wildman–Crippen MR) is 95.9 cm³/mol. The Bertz CT molecular complexity index is 672. The second-order valence-corrected chi connectivity index (χ2v) is 6.53. The van der Waals surface area contributed by atoms with Gasteiger partial charge >= 0.3 is 17.9 Å². The number of nitrogens with one attached hydrogen (secondary N) is 1. The van der Waals surface area contributed by atoms with E-state index < -0.39 is 30.1 Å². The van der Waals surface area contributed by atoms with Gasteiger partial charge in [0.05, 0.1) is 0 Å². The molecule has 1 aromatic carbocycles. The van der Waals surface area contributed by atoms with Crippen molar-refractivity contribution in [3.8, 4) is 5.75 Å². The maximum Gasteiger partial charge on any atom is 0.328 e. The molecule has 0 unspecified atom stereocenters. The van der Waals surface area contributed by atoms with Crippen LogP contribution in [0, 0.1) is 0 Å². The van der Waals surface area contributed by atoms with Gasteiger partial charge in [0.1, 0.15) is 30.0 Å². The summed E-state index contributed by atoms with van der Waals surface area (Å²) < 4.78 is 10.3. The molecule has 0 bridgehead atoms. The van der Waals surface area contributed by atoms with Crippen molar-refractivity contribution in [2.45, 2.75) is 50.4 Å². The lowest BCUT2D eigenvalue weighted by Crippen LogP contribution is -2.45. The predicted octanol–water partition coefficient (Wildman–Crippen LogP) is -0.443. The molecular formula is C18H25N3O6. The minimum atomic E-state index is -1.32. The SMILES string of the molecule is C[C@@H](OC(=O)[C@@H](N)Cc1ccc(OC(=O)[C@@H]2CCCN2)cc1)[C@H](N)C(=O)O. The molecule has 0 spiro atoms.